The quantitative estimate of drug-likeness (QED) is 0.694. The third kappa shape index (κ3) is 6.13. The highest BCUT2D eigenvalue weighted by Gasteiger charge is 2.26. The second-order valence-corrected chi connectivity index (χ2v) is 8.99. The van der Waals surface area contributed by atoms with Gasteiger partial charge in [-0.05, 0) is 38.0 Å². The predicted octanol–water partition coefficient (Wildman–Crippen LogP) is 3.80. The van der Waals surface area contributed by atoms with E-state index in [0.717, 1.165) is 0 Å². The van der Waals surface area contributed by atoms with Crippen molar-refractivity contribution >= 4 is 18.3 Å². The Morgan fingerprint density at radius 1 is 1.07 bits per heavy atom. The summed E-state index contributed by atoms with van der Waals surface area (Å²) in [5.41, 5.74) is 0.112. The SMILES string of the molecule is CC(C)OP(C)(=S)OC(C)C(C)(C)C. The first-order valence-corrected chi connectivity index (χ1v) is 8.07. The molecule has 0 amide bonds. The van der Waals surface area contributed by atoms with E-state index in [4.69, 9.17) is 20.9 Å². The molecule has 0 aliphatic rings. The van der Waals surface area contributed by atoms with Crippen LogP contribution in [0.4, 0.5) is 0 Å². The molecule has 0 N–H and O–H groups in total. The zero-order valence-electron chi connectivity index (χ0n) is 10.3. The summed E-state index contributed by atoms with van der Waals surface area (Å²) in [6, 6.07) is 0. The molecule has 86 valence electrons. The van der Waals surface area contributed by atoms with Crippen molar-refractivity contribution in [3.8, 4) is 0 Å². The Bertz CT molecular complexity index is 221. The largest absolute Gasteiger partial charge is 0.327 e. The highest BCUT2D eigenvalue weighted by Crippen LogP contribution is 2.48. The number of rotatable bonds is 4. The minimum Gasteiger partial charge on any atom is -0.327 e. The predicted molar refractivity (Wildman–Crippen MR) is 66.4 cm³/mol. The van der Waals surface area contributed by atoms with E-state index in [0.29, 0.717) is 0 Å². The van der Waals surface area contributed by atoms with E-state index >= 15 is 0 Å². The molecule has 0 aliphatic carbocycles. The van der Waals surface area contributed by atoms with Gasteiger partial charge >= 0.3 is 0 Å². The lowest BCUT2D eigenvalue weighted by Crippen LogP contribution is -2.25. The van der Waals surface area contributed by atoms with Crippen molar-refractivity contribution in [3.63, 3.8) is 0 Å². The molecule has 2 nitrogen and oxygen atoms in total. The maximum absolute atomic E-state index is 5.82. The Morgan fingerprint density at radius 3 is 1.79 bits per heavy atom. The van der Waals surface area contributed by atoms with Crippen molar-refractivity contribution in [1.82, 2.24) is 0 Å². The first-order chi connectivity index (χ1) is 6.04. The molecule has 0 saturated heterocycles. The van der Waals surface area contributed by atoms with Gasteiger partial charge in [-0.1, -0.05) is 20.8 Å². The average molecular weight is 238 g/mol. The van der Waals surface area contributed by atoms with Crippen LogP contribution in [0.5, 0.6) is 0 Å². The lowest BCUT2D eigenvalue weighted by atomic mass is 9.91. The van der Waals surface area contributed by atoms with Gasteiger partial charge in [-0.2, -0.15) is 0 Å². The zero-order chi connectivity index (χ0) is 11.6. The fourth-order valence-electron chi connectivity index (χ4n) is 0.853. The molecule has 4 heteroatoms. The highest BCUT2D eigenvalue weighted by atomic mass is 32.5. The van der Waals surface area contributed by atoms with E-state index in [1.807, 2.05) is 27.4 Å². The van der Waals surface area contributed by atoms with Crippen LogP contribution in [0.15, 0.2) is 0 Å². The van der Waals surface area contributed by atoms with Gasteiger partial charge in [0.05, 0.1) is 12.2 Å². The Labute approximate surface area is 93.5 Å². The smallest absolute Gasteiger partial charge is 0.186 e. The third-order valence-electron chi connectivity index (χ3n) is 1.97. The van der Waals surface area contributed by atoms with Crippen LogP contribution in [0, 0.1) is 5.41 Å². The monoisotopic (exact) mass is 238 g/mol. The fraction of sp³-hybridized carbons (Fsp3) is 1.00. The molecule has 0 rings (SSSR count). The number of hydrogen-bond acceptors (Lipinski definition) is 3. The van der Waals surface area contributed by atoms with Gasteiger partial charge in [-0.25, -0.2) is 0 Å². The summed E-state index contributed by atoms with van der Waals surface area (Å²) >= 11 is 5.33. The molecule has 0 fully saturated rings. The van der Waals surface area contributed by atoms with Crippen LogP contribution in [0.25, 0.3) is 0 Å². The van der Waals surface area contributed by atoms with Gasteiger partial charge in [0.15, 0.2) is 6.49 Å². The summed E-state index contributed by atoms with van der Waals surface area (Å²) in [4.78, 5) is 0. The molecule has 0 saturated carbocycles. The molecule has 14 heavy (non-hydrogen) atoms. The molecule has 0 radical (unpaired) electrons. The van der Waals surface area contributed by atoms with Crippen molar-refractivity contribution < 1.29 is 9.05 Å². The Balaban J connectivity index is 4.30. The van der Waals surface area contributed by atoms with E-state index in [-0.39, 0.29) is 17.6 Å². The van der Waals surface area contributed by atoms with Gasteiger partial charge < -0.3 is 9.05 Å². The fourth-order valence-corrected chi connectivity index (χ4v) is 3.46. The second kappa shape index (κ2) is 5.07. The Morgan fingerprint density at radius 2 is 1.50 bits per heavy atom. The van der Waals surface area contributed by atoms with Crippen LogP contribution < -0.4 is 0 Å². The number of hydrogen-bond donors (Lipinski definition) is 0. The second-order valence-electron chi connectivity index (χ2n) is 5.04. The summed E-state index contributed by atoms with van der Waals surface area (Å²) in [6.45, 7) is 12.3. The van der Waals surface area contributed by atoms with Crippen molar-refractivity contribution in [1.29, 1.82) is 0 Å². The normalized spacial score (nSPS) is 19.4. The maximum Gasteiger partial charge on any atom is 0.186 e. The Kier molecular flexibility index (Phi) is 5.27. The van der Waals surface area contributed by atoms with E-state index < -0.39 is 6.49 Å². The summed E-state index contributed by atoms with van der Waals surface area (Å²) in [7, 11) is 0. The van der Waals surface area contributed by atoms with Crippen LogP contribution in [0.2, 0.25) is 0 Å². The van der Waals surface area contributed by atoms with E-state index in [9.17, 15) is 0 Å². The summed E-state index contributed by atoms with van der Waals surface area (Å²) < 4.78 is 11.4. The van der Waals surface area contributed by atoms with E-state index in [2.05, 4.69) is 20.8 Å². The summed E-state index contributed by atoms with van der Waals surface area (Å²) in [5, 5.41) is 0. The minimum atomic E-state index is -2.07. The molecule has 0 spiro atoms. The van der Waals surface area contributed by atoms with Crippen molar-refractivity contribution in [2.24, 2.45) is 5.41 Å². The average Bonchev–Trinajstić information content (AvgIpc) is 1.79. The first-order valence-electron chi connectivity index (χ1n) is 4.99. The lowest BCUT2D eigenvalue weighted by Gasteiger charge is -2.32. The molecule has 0 aromatic heterocycles. The molecule has 0 aromatic carbocycles. The Hall–Kier alpha value is 0.570. The molecular formula is C10H23O2PS. The maximum atomic E-state index is 5.82. The van der Waals surface area contributed by atoms with Gasteiger partial charge in [0.2, 0.25) is 0 Å². The standard InChI is InChI=1S/C10H23O2PS/c1-8(2)11-13(7,14)12-9(3)10(4,5)6/h8-9H,1-7H3. The van der Waals surface area contributed by atoms with E-state index in [1.54, 1.807) is 0 Å². The molecule has 0 bridgehead atoms. The summed E-state index contributed by atoms with van der Waals surface area (Å²) in [5.74, 6) is 0. The van der Waals surface area contributed by atoms with Gasteiger partial charge in [0, 0.05) is 6.66 Å². The van der Waals surface area contributed by atoms with Crippen molar-refractivity contribution in [2.45, 2.75) is 53.8 Å². The topological polar surface area (TPSA) is 18.5 Å². The van der Waals surface area contributed by atoms with Crippen LogP contribution >= 0.6 is 6.49 Å². The first kappa shape index (κ1) is 14.6. The van der Waals surface area contributed by atoms with Crippen molar-refractivity contribution in [3.05, 3.63) is 0 Å². The lowest BCUT2D eigenvalue weighted by molar-refractivity contribution is 0.0889. The minimum absolute atomic E-state index is 0.112. The van der Waals surface area contributed by atoms with Crippen LogP contribution in [-0.4, -0.2) is 18.9 Å². The summed E-state index contributed by atoms with van der Waals surface area (Å²) in [6.07, 6.45) is 0.259. The van der Waals surface area contributed by atoms with Gasteiger partial charge in [-0.15, -0.1) is 0 Å². The van der Waals surface area contributed by atoms with Crippen LogP contribution in [0.1, 0.15) is 41.5 Å². The molecule has 2 unspecified atom stereocenters. The van der Waals surface area contributed by atoms with Crippen LogP contribution in [-0.2, 0) is 20.9 Å². The molecule has 2 atom stereocenters. The highest BCUT2D eigenvalue weighted by molar-refractivity contribution is 8.09. The van der Waals surface area contributed by atoms with Gasteiger partial charge in [0.25, 0.3) is 0 Å². The van der Waals surface area contributed by atoms with E-state index in [1.165, 1.54) is 0 Å². The van der Waals surface area contributed by atoms with Crippen molar-refractivity contribution in [2.75, 3.05) is 6.66 Å². The molecule has 0 heterocycles. The van der Waals surface area contributed by atoms with Gasteiger partial charge in [-0.3, -0.25) is 0 Å². The molecule has 0 aliphatic heterocycles. The van der Waals surface area contributed by atoms with Gasteiger partial charge in [0.1, 0.15) is 0 Å². The molecular weight excluding hydrogens is 215 g/mol. The van der Waals surface area contributed by atoms with Crippen LogP contribution in [0.3, 0.4) is 0 Å². The zero-order valence-corrected chi connectivity index (χ0v) is 12.0. The molecule has 0 aromatic rings. The third-order valence-corrected chi connectivity index (χ3v) is 3.99.